The summed E-state index contributed by atoms with van der Waals surface area (Å²) in [6, 6.07) is 0. The van der Waals surface area contributed by atoms with Crippen molar-refractivity contribution in [3.8, 4) is 0 Å². The summed E-state index contributed by atoms with van der Waals surface area (Å²) in [7, 11) is 0. The van der Waals surface area contributed by atoms with E-state index in [1.807, 2.05) is 11.8 Å². The van der Waals surface area contributed by atoms with Gasteiger partial charge in [-0.15, -0.1) is 0 Å². The molecule has 0 spiro atoms. The number of nitrogens with zero attached hydrogens (tertiary/aromatic N) is 2. The summed E-state index contributed by atoms with van der Waals surface area (Å²) in [4.78, 5) is 27.8. The van der Waals surface area contributed by atoms with Gasteiger partial charge in [-0.3, -0.25) is 9.78 Å². The number of aldehydes is 1. The van der Waals surface area contributed by atoms with Crippen LogP contribution in [0.4, 0.5) is 10.5 Å². The first-order valence-corrected chi connectivity index (χ1v) is 6.59. The number of hydrogen-bond donors (Lipinski definition) is 2. The summed E-state index contributed by atoms with van der Waals surface area (Å²) in [6.45, 7) is 3.06. The molecular formula is C12H14BrN3O3. The van der Waals surface area contributed by atoms with Gasteiger partial charge < -0.3 is 15.3 Å². The monoisotopic (exact) mass is 327 g/mol. The molecule has 2 N–H and O–H groups in total. The van der Waals surface area contributed by atoms with E-state index in [0.29, 0.717) is 25.1 Å². The lowest BCUT2D eigenvalue weighted by Gasteiger charge is -2.26. The lowest BCUT2D eigenvalue weighted by atomic mass is 10.0. The van der Waals surface area contributed by atoms with E-state index in [1.54, 1.807) is 6.20 Å². The highest BCUT2D eigenvalue weighted by Gasteiger charge is 2.36. The molecule has 1 saturated heterocycles. The number of rotatable bonds is 3. The Morgan fingerprint density at radius 3 is 3.00 bits per heavy atom. The Morgan fingerprint density at radius 1 is 1.63 bits per heavy atom. The van der Waals surface area contributed by atoms with Crippen molar-refractivity contribution in [1.29, 1.82) is 0 Å². The number of nitrogens with one attached hydrogen (secondary N) is 1. The number of carbonyl (C=O) groups excluding carboxylic acids is 1. The van der Waals surface area contributed by atoms with E-state index >= 15 is 0 Å². The topological polar surface area (TPSA) is 82.5 Å². The third-order valence-electron chi connectivity index (χ3n) is 3.23. The number of aromatic nitrogens is 1. The van der Waals surface area contributed by atoms with E-state index < -0.39 is 11.6 Å². The van der Waals surface area contributed by atoms with Crippen LogP contribution in [0.5, 0.6) is 0 Å². The summed E-state index contributed by atoms with van der Waals surface area (Å²) >= 11 is 3.39. The van der Waals surface area contributed by atoms with Crippen molar-refractivity contribution in [3.05, 3.63) is 22.4 Å². The molecule has 0 bridgehead atoms. The molecule has 0 unspecified atom stereocenters. The second-order valence-corrected chi connectivity index (χ2v) is 5.69. The van der Waals surface area contributed by atoms with Gasteiger partial charge in [0.25, 0.3) is 0 Å². The number of pyridine rings is 1. The van der Waals surface area contributed by atoms with Crippen LogP contribution in [0.1, 0.15) is 23.7 Å². The van der Waals surface area contributed by atoms with Gasteiger partial charge in [-0.1, -0.05) is 0 Å². The lowest BCUT2D eigenvalue weighted by molar-refractivity contribution is 0.112. The molecule has 1 aliphatic heterocycles. The molecule has 1 amide bonds. The third-order valence-corrected chi connectivity index (χ3v) is 3.81. The molecular weight excluding hydrogens is 314 g/mol. The zero-order chi connectivity index (χ0) is 14.0. The second-order valence-electron chi connectivity index (χ2n) is 4.84. The summed E-state index contributed by atoms with van der Waals surface area (Å²) < 4.78 is 0.733. The molecule has 1 aromatic heterocycles. The average Bonchev–Trinajstić information content (AvgIpc) is 2.69. The number of halogens is 1. The number of carboxylic acid groups (broad SMARTS) is 1. The molecule has 0 aromatic carbocycles. The van der Waals surface area contributed by atoms with Crippen LogP contribution in [0.3, 0.4) is 0 Å². The van der Waals surface area contributed by atoms with Crippen molar-refractivity contribution in [1.82, 2.24) is 10.3 Å². The molecule has 1 aliphatic rings. The summed E-state index contributed by atoms with van der Waals surface area (Å²) in [6.07, 6.45) is 3.55. The lowest BCUT2D eigenvalue weighted by Crippen LogP contribution is -2.47. The molecule has 7 heteroatoms. The van der Waals surface area contributed by atoms with Gasteiger partial charge in [-0.05, 0) is 29.3 Å². The maximum absolute atomic E-state index is 11.1. The average molecular weight is 328 g/mol. The number of carbonyl (C=O) groups is 2. The molecule has 0 aliphatic carbocycles. The summed E-state index contributed by atoms with van der Waals surface area (Å²) in [5.41, 5.74) is 0.754. The SMILES string of the molecule is C[C@]1(NC(=O)O)CCN(c2c(Br)cncc2C=O)C1. The maximum Gasteiger partial charge on any atom is 0.405 e. The highest BCUT2D eigenvalue weighted by Crippen LogP contribution is 2.33. The van der Waals surface area contributed by atoms with Crippen LogP contribution >= 0.6 is 15.9 Å². The fraction of sp³-hybridized carbons (Fsp3) is 0.417. The quantitative estimate of drug-likeness (QED) is 0.828. The molecule has 1 fully saturated rings. The number of anilines is 1. The summed E-state index contributed by atoms with van der Waals surface area (Å²) in [5, 5.41) is 11.4. The van der Waals surface area contributed by atoms with Crippen LogP contribution in [0.15, 0.2) is 16.9 Å². The first kappa shape index (κ1) is 13.8. The minimum Gasteiger partial charge on any atom is -0.465 e. The first-order valence-electron chi connectivity index (χ1n) is 5.80. The Labute approximate surface area is 118 Å². The molecule has 2 heterocycles. The normalized spacial score (nSPS) is 22.3. The highest BCUT2D eigenvalue weighted by molar-refractivity contribution is 9.10. The summed E-state index contributed by atoms with van der Waals surface area (Å²) in [5.74, 6) is 0. The van der Waals surface area contributed by atoms with Crippen LogP contribution < -0.4 is 10.2 Å². The Hall–Kier alpha value is -1.63. The molecule has 19 heavy (non-hydrogen) atoms. The first-order chi connectivity index (χ1) is 8.95. The minimum atomic E-state index is -1.03. The van der Waals surface area contributed by atoms with Crippen molar-refractivity contribution in [2.24, 2.45) is 0 Å². The highest BCUT2D eigenvalue weighted by atomic mass is 79.9. The Kier molecular flexibility index (Phi) is 3.75. The molecule has 2 rings (SSSR count). The van der Waals surface area contributed by atoms with E-state index in [4.69, 9.17) is 5.11 Å². The zero-order valence-corrected chi connectivity index (χ0v) is 12.0. The zero-order valence-electron chi connectivity index (χ0n) is 10.4. The predicted molar refractivity (Wildman–Crippen MR) is 73.7 cm³/mol. The largest absolute Gasteiger partial charge is 0.465 e. The third kappa shape index (κ3) is 2.86. The van der Waals surface area contributed by atoms with Gasteiger partial charge in [0.2, 0.25) is 0 Å². The van der Waals surface area contributed by atoms with Gasteiger partial charge in [0, 0.05) is 25.5 Å². The van der Waals surface area contributed by atoms with Gasteiger partial charge in [-0.2, -0.15) is 0 Å². The predicted octanol–water partition coefficient (Wildman–Crippen LogP) is 1.89. The van der Waals surface area contributed by atoms with Crippen LogP contribution in [-0.4, -0.2) is 41.1 Å². The van der Waals surface area contributed by atoms with Gasteiger partial charge in [-0.25, -0.2) is 4.79 Å². The Bertz CT molecular complexity index is 523. The number of amides is 1. The Morgan fingerprint density at radius 2 is 2.37 bits per heavy atom. The van der Waals surface area contributed by atoms with E-state index in [2.05, 4.69) is 26.2 Å². The van der Waals surface area contributed by atoms with Crippen LogP contribution in [0, 0.1) is 0 Å². The van der Waals surface area contributed by atoms with Crippen molar-refractivity contribution < 1.29 is 14.7 Å². The molecule has 6 nitrogen and oxygen atoms in total. The van der Waals surface area contributed by atoms with Crippen LogP contribution in [0.25, 0.3) is 0 Å². The maximum atomic E-state index is 11.1. The minimum absolute atomic E-state index is 0.494. The van der Waals surface area contributed by atoms with Gasteiger partial charge in [0.1, 0.15) is 0 Å². The van der Waals surface area contributed by atoms with Gasteiger partial charge >= 0.3 is 6.09 Å². The van der Waals surface area contributed by atoms with Crippen LogP contribution in [0.2, 0.25) is 0 Å². The van der Waals surface area contributed by atoms with Crippen LogP contribution in [-0.2, 0) is 0 Å². The fourth-order valence-electron chi connectivity index (χ4n) is 2.38. The molecule has 1 aromatic rings. The number of hydrogen-bond acceptors (Lipinski definition) is 4. The van der Waals surface area contributed by atoms with E-state index in [1.165, 1.54) is 6.20 Å². The molecule has 1 atom stereocenters. The Balaban J connectivity index is 2.26. The standard InChI is InChI=1S/C12H14BrN3O3/c1-12(15-11(18)19)2-3-16(7-12)10-8(6-17)4-14-5-9(10)13/h4-6,15H,2-3,7H2,1H3,(H,18,19)/t12-/m0/s1. The molecule has 0 saturated carbocycles. The van der Waals surface area contributed by atoms with Crippen molar-refractivity contribution in [3.63, 3.8) is 0 Å². The van der Waals surface area contributed by atoms with Crippen molar-refractivity contribution in [2.75, 3.05) is 18.0 Å². The van der Waals surface area contributed by atoms with E-state index in [9.17, 15) is 9.59 Å². The smallest absolute Gasteiger partial charge is 0.405 e. The van der Waals surface area contributed by atoms with E-state index in [0.717, 1.165) is 16.4 Å². The fourth-order valence-corrected chi connectivity index (χ4v) is 2.97. The molecule has 0 radical (unpaired) electrons. The molecule has 102 valence electrons. The van der Waals surface area contributed by atoms with Crippen molar-refractivity contribution in [2.45, 2.75) is 18.9 Å². The second kappa shape index (κ2) is 5.16. The van der Waals surface area contributed by atoms with Gasteiger partial charge in [0.15, 0.2) is 6.29 Å². The van der Waals surface area contributed by atoms with Crippen molar-refractivity contribution >= 4 is 34.0 Å². The van der Waals surface area contributed by atoms with E-state index in [-0.39, 0.29) is 0 Å². The van der Waals surface area contributed by atoms with Gasteiger partial charge in [0.05, 0.1) is 21.3 Å².